The van der Waals surface area contributed by atoms with Gasteiger partial charge >= 0.3 is 0 Å². The minimum Gasteiger partial charge on any atom is -0.508 e. The summed E-state index contributed by atoms with van der Waals surface area (Å²) in [6.45, 7) is 0.740. The van der Waals surface area contributed by atoms with Gasteiger partial charge in [-0.25, -0.2) is 9.29 Å². The van der Waals surface area contributed by atoms with Gasteiger partial charge in [0, 0.05) is 23.4 Å². The molecule has 2 fully saturated rings. The summed E-state index contributed by atoms with van der Waals surface area (Å²) < 4.78 is 25.7. The van der Waals surface area contributed by atoms with Crippen LogP contribution in [0.3, 0.4) is 0 Å². The molecule has 4 aliphatic rings. The molecule has 0 aromatic heterocycles. The average molecular weight is 515 g/mol. The number of halogens is 1. The molecule has 3 N–H and O–H groups in total. The van der Waals surface area contributed by atoms with Crippen LogP contribution in [-0.4, -0.2) is 42.1 Å². The molecule has 2 saturated heterocycles. The van der Waals surface area contributed by atoms with Crippen molar-refractivity contribution >= 4 is 29.1 Å². The van der Waals surface area contributed by atoms with Crippen molar-refractivity contribution in [3.8, 4) is 17.2 Å². The zero-order valence-electron chi connectivity index (χ0n) is 19.9. The van der Waals surface area contributed by atoms with E-state index in [2.05, 4.69) is 10.6 Å². The Morgan fingerprint density at radius 2 is 1.71 bits per heavy atom. The first kappa shape index (κ1) is 22.7. The number of anilines is 2. The number of rotatable bonds is 3. The third kappa shape index (κ3) is 3.10. The third-order valence-electron chi connectivity index (χ3n) is 7.85. The molecule has 4 aliphatic heterocycles. The van der Waals surface area contributed by atoms with Gasteiger partial charge in [-0.2, -0.15) is 0 Å². The van der Waals surface area contributed by atoms with E-state index in [1.165, 1.54) is 30.3 Å². The predicted molar refractivity (Wildman–Crippen MR) is 132 cm³/mol. The highest BCUT2D eigenvalue weighted by atomic mass is 19.1. The van der Waals surface area contributed by atoms with Crippen LogP contribution < -0.4 is 25.0 Å². The van der Waals surface area contributed by atoms with Crippen LogP contribution in [0.2, 0.25) is 0 Å². The topological polar surface area (TPSA) is 117 Å². The number of imide groups is 1. The van der Waals surface area contributed by atoms with Crippen molar-refractivity contribution in [3.05, 3.63) is 77.6 Å². The van der Waals surface area contributed by atoms with E-state index < -0.39 is 47.0 Å². The maximum absolute atomic E-state index is 14.4. The van der Waals surface area contributed by atoms with E-state index in [0.29, 0.717) is 48.1 Å². The number of fused-ring (bicyclic) bond motifs is 5. The second kappa shape index (κ2) is 8.03. The highest BCUT2D eigenvalue weighted by molar-refractivity contribution is 6.26. The first-order valence-corrected chi connectivity index (χ1v) is 12.3. The summed E-state index contributed by atoms with van der Waals surface area (Å²) in [6, 6.07) is 14.7. The molecular formula is C28H22FN3O6. The normalized spacial score (nSPS) is 27.0. The lowest BCUT2D eigenvalue weighted by atomic mass is 9.76. The Morgan fingerprint density at radius 3 is 2.50 bits per heavy atom. The summed E-state index contributed by atoms with van der Waals surface area (Å²) in [5.74, 6) is -3.04. The molecule has 0 radical (unpaired) electrons. The van der Waals surface area contributed by atoms with Crippen LogP contribution in [0, 0.1) is 17.7 Å². The number of ether oxygens (including phenoxy) is 2. The molecule has 4 heterocycles. The number of phenolic OH excluding ortho intramolecular Hbond substituents is 1. The van der Waals surface area contributed by atoms with Crippen LogP contribution in [0.1, 0.15) is 11.1 Å². The molecule has 0 saturated carbocycles. The number of benzene rings is 3. The number of carbonyl (C=O) groups excluding carboxylic acids is 3. The fourth-order valence-electron chi connectivity index (χ4n) is 6.26. The molecule has 3 amide bonds. The zero-order valence-corrected chi connectivity index (χ0v) is 19.9. The molecule has 38 heavy (non-hydrogen) atoms. The summed E-state index contributed by atoms with van der Waals surface area (Å²) in [5.41, 5.74) is 0.183. The van der Waals surface area contributed by atoms with Crippen molar-refractivity contribution in [2.45, 2.75) is 18.0 Å². The third-order valence-corrected chi connectivity index (χ3v) is 7.85. The molecule has 3 aromatic rings. The smallest absolute Gasteiger partial charge is 0.250 e. The molecule has 7 rings (SSSR count). The lowest BCUT2D eigenvalue weighted by Crippen LogP contribution is -2.53. The van der Waals surface area contributed by atoms with Crippen LogP contribution in [0.15, 0.2) is 60.7 Å². The SMILES string of the molecule is O=C1[C@@H]2C(Cc3ccc(O)cc3)NC3(C(=O)Nc4ccc(F)cc43)[C@@H]2C(=O)N1c1ccc2c(c1)OCCO2. The monoisotopic (exact) mass is 515 g/mol. The Kier molecular flexibility index (Phi) is 4.80. The van der Waals surface area contributed by atoms with Crippen molar-refractivity contribution in [2.75, 3.05) is 23.4 Å². The van der Waals surface area contributed by atoms with Crippen LogP contribution in [0.5, 0.6) is 17.2 Å². The number of hydrogen-bond acceptors (Lipinski definition) is 7. The largest absolute Gasteiger partial charge is 0.508 e. The van der Waals surface area contributed by atoms with E-state index in [9.17, 15) is 23.9 Å². The van der Waals surface area contributed by atoms with Gasteiger partial charge in [0.25, 0.3) is 0 Å². The van der Waals surface area contributed by atoms with E-state index >= 15 is 0 Å². The van der Waals surface area contributed by atoms with E-state index in [-0.39, 0.29) is 5.75 Å². The van der Waals surface area contributed by atoms with Gasteiger partial charge in [0.2, 0.25) is 17.7 Å². The fraction of sp³-hybridized carbons (Fsp3) is 0.250. The van der Waals surface area contributed by atoms with Gasteiger partial charge in [-0.15, -0.1) is 0 Å². The summed E-state index contributed by atoms with van der Waals surface area (Å²) in [5, 5.41) is 15.8. The molecule has 1 spiro atoms. The summed E-state index contributed by atoms with van der Waals surface area (Å²) in [7, 11) is 0. The molecule has 10 heteroatoms. The lowest BCUT2D eigenvalue weighted by molar-refractivity contribution is -0.130. The quantitative estimate of drug-likeness (QED) is 0.459. The first-order valence-electron chi connectivity index (χ1n) is 12.3. The highest BCUT2D eigenvalue weighted by Crippen LogP contribution is 2.54. The Balaban J connectivity index is 1.35. The first-order chi connectivity index (χ1) is 18.4. The van der Waals surface area contributed by atoms with Crippen molar-refractivity contribution in [1.29, 1.82) is 0 Å². The molecule has 9 nitrogen and oxygen atoms in total. The molecule has 4 atom stereocenters. The number of aromatic hydroxyl groups is 1. The van der Waals surface area contributed by atoms with E-state index in [0.717, 1.165) is 10.5 Å². The van der Waals surface area contributed by atoms with Gasteiger partial charge in [-0.05, 0) is 54.4 Å². The van der Waals surface area contributed by atoms with Crippen LogP contribution in [0.25, 0.3) is 0 Å². The highest BCUT2D eigenvalue weighted by Gasteiger charge is 2.70. The van der Waals surface area contributed by atoms with Crippen LogP contribution >= 0.6 is 0 Å². The minimum absolute atomic E-state index is 0.0963. The van der Waals surface area contributed by atoms with Gasteiger partial charge in [-0.3, -0.25) is 19.7 Å². The summed E-state index contributed by atoms with van der Waals surface area (Å²) in [4.78, 5) is 42.8. The number of nitrogens with zero attached hydrogens (tertiary/aromatic N) is 1. The minimum atomic E-state index is -1.63. The summed E-state index contributed by atoms with van der Waals surface area (Å²) >= 11 is 0. The molecular weight excluding hydrogens is 493 g/mol. The Morgan fingerprint density at radius 1 is 0.947 bits per heavy atom. The van der Waals surface area contributed by atoms with Gasteiger partial charge in [0.1, 0.15) is 30.3 Å². The molecule has 0 bridgehead atoms. The maximum atomic E-state index is 14.4. The second-order valence-electron chi connectivity index (χ2n) is 9.92. The van der Waals surface area contributed by atoms with E-state index in [4.69, 9.17) is 9.47 Å². The van der Waals surface area contributed by atoms with E-state index in [1.807, 2.05) is 0 Å². The Bertz CT molecular complexity index is 1530. The van der Waals surface area contributed by atoms with Gasteiger partial charge in [0.15, 0.2) is 11.5 Å². The maximum Gasteiger partial charge on any atom is 0.250 e. The van der Waals surface area contributed by atoms with Crippen molar-refractivity contribution in [2.24, 2.45) is 11.8 Å². The lowest BCUT2D eigenvalue weighted by Gasteiger charge is -2.30. The number of nitrogens with one attached hydrogen (secondary N) is 2. The predicted octanol–water partition coefficient (Wildman–Crippen LogP) is 2.47. The number of phenols is 1. The number of carbonyl (C=O) groups is 3. The molecule has 3 aromatic carbocycles. The average Bonchev–Trinajstić information content (AvgIpc) is 3.49. The van der Waals surface area contributed by atoms with Crippen LogP contribution in [0.4, 0.5) is 15.8 Å². The van der Waals surface area contributed by atoms with Gasteiger partial charge in [-0.1, -0.05) is 12.1 Å². The van der Waals surface area contributed by atoms with Crippen LogP contribution in [-0.2, 0) is 26.3 Å². The second-order valence-corrected chi connectivity index (χ2v) is 9.92. The zero-order chi connectivity index (χ0) is 26.2. The number of amides is 3. The van der Waals surface area contributed by atoms with Gasteiger partial charge < -0.3 is 19.9 Å². The Hall–Kier alpha value is -4.44. The fourth-order valence-corrected chi connectivity index (χ4v) is 6.26. The van der Waals surface area contributed by atoms with Gasteiger partial charge in [0.05, 0.1) is 17.5 Å². The molecule has 2 unspecified atom stereocenters. The Labute approximate surface area is 216 Å². The standard InChI is InChI=1S/C28H22FN3O6/c29-15-3-7-19-18(12-15)28(27(36)30-19)24-23(20(31-28)11-14-1-5-17(33)6-2-14)25(34)32(26(24)35)16-4-8-21-22(13-16)38-10-9-37-21/h1-8,12-13,20,23-24,31,33H,9-11H2,(H,30,36)/t20?,23-,24+,28?/m1/s1. The summed E-state index contributed by atoms with van der Waals surface area (Å²) in [6.07, 6.45) is 0.301. The molecule has 192 valence electrons. The molecule has 0 aliphatic carbocycles. The van der Waals surface area contributed by atoms with E-state index in [1.54, 1.807) is 30.3 Å². The van der Waals surface area contributed by atoms with Crippen molar-refractivity contribution in [3.63, 3.8) is 0 Å². The number of hydrogen-bond donors (Lipinski definition) is 3. The van der Waals surface area contributed by atoms with Crippen molar-refractivity contribution in [1.82, 2.24) is 5.32 Å². The van der Waals surface area contributed by atoms with Crippen molar-refractivity contribution < 1.29 is 33.4 Å².